The topological polar surface area (TPSA) is 17.1 Å². The second kappa shape index (κ2) is 5.08. The Bertz CT molecular complexity index is 362. The van der Waals surface area contributed by atoms with Crippen molar-refractivity contribution in [2.45, 2.75) is 23.2 Å². The lowest BCUT2D eigenvalue weighted by Crippen LogP contribution is -1.91. The molecule has 1 atom stereocenters. The van der Waals surface area contributed by atoms with Gasteiger partial charge >= 0.3 is 0 Å². The van der Waals surface area contributed by atoms with Crippen LogP contribution in [0.1, 0.15) is 17.5 Å². The monoisotopic (exact) mass is 238 g/mol. The number of hydrogen-bond donors (Lipinski definition) is 0. The van der Waals surface area contributed by atoms with Crippen LogP contribution in [0.15, 0.2) is 24.3 Å². The highest BCUT2D eigenvalue weighted by molar-refractivity contribution is 8.00. The van der Waals surface area contributed by atoms with Crippen molar-refractivity contribution < 1.29 is 4.79 Å². The minimum absolute atomic E-state index is 0.298. The zero-order chi connectivity index (χ0) is 10.7. The summed E-state index contributed by atoms with van der Waals surface area (Å²) in [4.78, 5) is 10.9. The van der Waals surface area contributed by atoms with Crippen LogP contribution in [-0.2, 0) is 16.3 Å². The molecule has 0 amide bonds. The summed E-state index contributed by atoms with van der Waals surface area (Å²) in [7, 11) is 0. The Balaban J connectivity index is 1.96. The molecule has 80 valence electrons. The van der Waals surface area contributed by atoms with Gasteiger partial charge in [-0.25, -0.2) is 0 Å². The molecule has 3 heteroatoms. The highest BCUT2D eigenvalue weighted by atomic mass is 32.2. The predicted molar refractivity (Wildman–Crippen MR) is 68.4 cm³/mol. The Labute approximate surface area is 99.0 Å². The zero-order valence-corrected chi connectivity index (χ0v) is 10.4. The molecule has 0 saturated heterocycles. The van der Waals surface area contributed by atoms with E-state index in [1.54, 1.807) is 11.8 Å². The molecule has 0 radical (unpaired) electrons. The van der Waals surface area contributed by atoms with Crippen LogP contribution in [0.4, 0.5) is 0 Å². The molecule has 0 heterocycles. The molecular weight excluding hydrogens is 224 g/mol. The number of rotatable bonds is 5. The average molecular weight is 238 g/mol. The van der Waals surface area contributed by atoms with E-state index < -0.39 is 0 Å². The molecule has 1 fully saturated rings. The number of carbonyl (C=O) groups excluding carboxylic acids is 1. The summed E-state index contributed by atoms with van der Waals surface area (Å²) < 4.78 is 0. The van der Waals surface area contributed by atoms with Gasteiger partial charge in [0.2, 0.25) is 0 Å². The van der Waals surface area contributed by atoms with Gasteiger partial charge in [0.1, 0.15) is 5.78 Å². The molecule has 15 heavy (non-hydrogen) atoms. The van der Waals surface area contributed by atoms with Crippen LogP contribution >= 0.6 is 23.5 Å². The lowest BCUT2D eigenvalue weighted by molar-refractivity contribution is -0.109. The van der Waals surface area contributed by atoms with Crippen molar-refractivity contribution >= 4 is 29.3 Å². The van der Waals surface area contributed by atoms with Crippen LogP contribution in [0.5, 0.6) is 0 Å². The fourth-order valence-electron chi connectivity index (χ4n) is 1.46. The molecule has 2 rings (SSSR count). The first-order valence-electron chi connectivity index (χ1n) is 5.01. The second-order valence-electron chi connectivity index (χ2n) is 3.67. The van der Waals surface area contributed by atoms with E-state index in [2.05, 4.69) is 30.5 Å². The number of hydrogen-bond acceptors (Lipinski definition) is 3. The Morgan fingerprint density at radius 1 is 1.27 bits per heavy atom. The molecule has 0 bridgehead atoms. The van der Waals surface area contributed by atoms with Crippen LogP contribution in [0, 0.1) is 0 Å². The van der Waals surface area contributed by atoms with Crippen molar-refractivity contribution in [3.8, 4) is 0 Å². The number of carbonyl (C=O) groups is 1. The summed E-state index contributed by atoms with van der Waals surface area (Å²) in [5.41, 5.74) is 2.79. The van der Waals surface area contributed by atoms with Gasteiger partial charge in [-0.05, 0) is 17.4 Å². The molecule has 0 aromatic heterocycles. The fourth-order valence-corrected chi connectivity index (χ4v) is 3.18. The molecular formula is C12H14OS2. The first-order valence-corrected chi connectivity index (χ1v) is 7.45. The Morgan fingerprint density at radius 3 is 2.40 bits per heavy atom. The minimum atomic E-state index is 0.298. The zero-order valence-electron chi connectivity index (χ0n) is 8.73. The van der Waals surface area contributed by atoms with Crippen LogP contribution in [0.3, 0.4) is 0 Å². The third kappa shape index (κ3) is 3.02. The van der Waals surface area contributed by atoms with Crippen molar-refractivity contribution in [3.05, 3.63) is 35.4 Å². The maximum absolute atomic E-state index is 10.9. The molecule has 0 aliphatic heterocycles. The first-order chi connectivity index (χ1) is 7.31. The summed E-state index contributed by atoms with van der Waals surface area (Å²) in [6, 6.07) is 8.52. The molecule has 1 aliphatic rings. The SMILES string of the molecule is CSCc1ccccc1CSC1CC1=O. The molecule has 1 nitrogen and oxygen atoms in total. The summed E-state index contributed by atoms with van der Waals surface area (Å²) in [6.07, 6.45) is 2.91. The van der Waals surface area contributed by atoms with Gasteiger partial charge in [0.15, 0.2) is 0 Å². The highest BCUT2D eigenvalue weighted by Gasteiger charge is 2.34. The van der Waals surface area contributed by atoms with Gasteiger partial charge in [0, 0.05) is 17.9 Å². The lowest BCUT2D eigenvalue weighted by Gasteiger charge is -2.06. The van der Waals surface area contributed by atoms with Gasteiger partial charge in [-0.2, -0.15) is 11.8 Å². The summed E-state index contributed by atoms with van der Waals surface area (Å²) in [6.45, 7) is 0. The van der Waals surface area contributed by atoms with E-state index >= 15 is 0 Å². The minimum Gasteiger partial charge on any atom is -0.298 e. The first kappa shape index (κ1) is 11.1. The maximum atomic E-state index is 10.9. The normalized spacial score (nSPS) is 19.3. The number of Topliss-reactive ketones (excluding diaryl/α,β-unsaturated/α-hetero) is 1. The van der Waals surface area contributed by atoms with Crippen molar-refractivity contribution in [2.24, 2.45) is 0 Å². The smallest absolute Gasteiger partial charge is 0.147 e. The lowest BCUT2D eigenvalue weighted by atomic mass is 10.1. The van der Waals surface area contributed by atoms with E-state index in [1.165, 1.54) is 11.1 Å². The van der Waals surface area contributed by atoms with Crippen LogP contribution in [-0.4, -0.2) is 17.3 Å². The molecule has 0 spiro atoms. The van der Waals surface area contributed by atoms with Crippen molar-refractivity contribution in [1.29, 1.82) is 0 Å². The van der Waals surface area contributed by atoms with Crippen molar-refractivity contribution in [2.75, 3.05) is 6.26 Å². The van der Waals surface area contributed by atoms with Gasteiger partial charge in [0.05, 0.1) is 5.25 Å². The maximum Gasteiger partial charge on any atom is 0.147 e. The third-order valence-electron chi connectivity index (χ3n) is 2.44. The second-order valence-corrected chi connectivity index (χ2v) is 5.73. The van der Waals surface area contributed by atoms with Gasteiger partial charge in [0.25, 0.3) is 0 Å². The van der Waals surface area contributed by atoms with E-state index in [-0.39, 0.29) is 0 Å². The van der Waals surface area contributed by atoms with E-state index in [4.69, 9.17) is 0 Å². The highest BCUT2D eigenvalue weighted by Crippen LogP contribution is 2.33. The van der Waals surface area contributed by atoms with E-state index in [0.717, 1.165) is 17.9 Å². The number of benzene rings is 1. The summed E-state index contributed by atoms with van der Waals surface area (Å²) in [5.74, 6) is 2.46. The van der Waals surface area contributed by atoms with Gasteiger partial charge in [-0.3, -0.25) is 4.79 Å². The number of ketones is 1. The Morgan fingerprint density at radius 2 is 1.87 bits per heavy atom. The van der Waals surface area contributed by atoms with Crippen molar-refractivity contribution in [3.63, 3.8) is 0 Å². The van der Waals surface area contributed by atoms with Crippen LogP contribution in [0.2, 0.25) is 0 Å². The average Bonchev–Trinajstić information content (AvgIpc) is 2.94. The van der Waals surface area contributed by atoms with Crippen LogP contribution < -0.4 is 0 Å². The van der Waals surface area contributed by atoms with Crippen LogP contribution in [0.25, 0.3) is 0 Å². The third-order valence-corrected chi connectivity index (χ3v) is 4.35. The largest absolute Gasteiger partial charge is 0.298 e. The van der Waals surface area contributed by atoms with Gasteiger partial charge in [-0.15, -0.1) is 11.8 Å². The predicted octanol–water partition coefficient (Wildman–Crippen LogP) is 3.12. The standard InChI is InChI=1S/C12H14OS2/c1-14-7-9-4-2-3-5-10(9)8-15-12-6-11(12)13/h2-5,12H,6-8H2,1H3. The molecule has 1 aliphatic carbocycles. The van der Waals surface area contributed by atoms with E-state index in [1.807, 2.05) is 11.8 Å². The Kier molecular flexibility index (Phi) is 3.76. The fraction of sp³-hybridized carbons (Fsp3) is 0.417. The van der Waals surface area contributed by atoms with E-state index in [0.29, 0.717) is 11.0 Å². The quantitative estimate of drug-likeness (QED) is 0.784. The Hall–Kier alpha value is -0.410. The molecule has 1 saturated carbocycles. The van der Waals surface area contributed by atoms with Gasteiger partial charge in [-0.1, -0.05) is 24.3 Å². The molecule has 0 N–H and O–H groups in total. The number of thioether (sulfide) groups is 2. The van der Waals surface area contributed by atoms with Crippen molar-refractivity contribution in [1.82, 2.24) is 0 Å². The molecule has 1 aromatic carbocycles. The molecule has 1 unspecified atom stereocenters. The summed E-state index contributed by atoms with van der Waals surface area (Å²) >= 11 is 3.63. The summed E-state index contributed by atoms with van der Waals surface area (Å²) in [5, 5.41) is 0.298. The van der Waals surface area contributed by atoms with Gasteiger partial charge < -0.3 is 0 Å². The molecule has 1 aromatic rings. The van der Waals surface area contributed by atoms with E-state index in [9.17, 15) is 4.79 Å².